The number of nitrogens with one attached hydrogen (secondary N) is 1. The Morgan fingerprint density at radius 2 is 1.86 bits per heavy atom. The average molecular weight is 298 g/mol. The standard InChI is InChI=1S/C13H13F3N4O/c1-3-21-12-19-10(18-11(17-2)20-12)8-6-4-5-7-9(8)13(14,15)16/h4-7H,3H2,1-2H3,(H,17,18,19,20). The number of rotatable bonds is 4. The molecule has 1 N–H and O–H groups in total. The van der Waals surface area contributed by atoms with Gasteiger partial charge in [-0.1, -0.05) is 18.2 Å². The molecule has 0 radical (unpaired) electrons. The normalized spacial score (nSPS) is 11.3. The van der Waals surface area contributed by atoms with E-state index in [1.807, 2.05) is 0 Å². The third-order valence-corrected chi connectivity index (χ3v) is 2.59. The molecule has 0 saturated carbocycles. The summed E-state index contributed by atoms with van der Waals surface area (Å²) < 4.78 is 44.3. The molecular weight excluding hydrogens is 285 g/mol. The van der Waals surface area contributed by atoms with Gasteiger partial charge in [0.15, 0.2) is 5.82 Å². The number of nitrogens with zero attached hydrogens (tertiary/aromatic N) is 3. The lowest BCUT2D eigenvalue weighted by Gasteiger charge is -2.12. The van der Waals surface area contributed by atoms with Crippen LogP contribution in [0.4, 0.5) is 19.1 Å². The fourth-order valence-corrected chi connectivity index (χ4v) is 1.71. The molecule has 0 aliphatic carbocycles. The fourth-order valence-electron chi connectivity index (χ4n) is 1.71. The number of benzene rings is 1. The molecule has 0 aliphatic rings. The van der Waals surface area contributed by atoms with Crippen molar-refractivity contribution in [2.24, 2.45) is 0 Å². The molecule has 1 aromatic carbocycles. The van der Waals surface area contributed by atoms with Gasteiger partial charge in [0.1, 0.15) is 0 Å². The molecule has 1 heterocycles. The molecule has 0 aliphatic heterocycles. The van der Waals surface area contributed by atoms with Gasteiger partial charge in [-0.2, -0.15) is 28.1 Å². The van der Waals surface area contributed by atoms with Gasteiger partial charge in [0, 0.05) is 12.6 Å². The van der Waals surface area contributed by atoms with Crippen molar-refractivity contribution in [1.82, 2.24) is 15.0 Å². The van der Waals surface area contributed by atoms with E-state index in [2.05, 4.69) is 20.3 Å². The third-order valence-electron chi connectivity index (χ3n) is 2.59. The minimum Gasteiger partial charge on any atom is -0.464 e. The van der Waals surface area contributed by atoms with Gasteiger partial charge in [-0.3, -0.25) is 0 Å². The van der Waals surface area contributed by atoms with Crippen LogP contribution in [-0.2, 0) is 6.18 Å². The van der Waals surface area contributed by atoms with E-state index in [1.165, 1.54) is 18.2 Å². The highest BCUT2D eigenvalue weighted by atomic mass is 19.4. The van der Waals surface area contributed by atoms with Gasteiger partial charge in [-0.25, -0.2) is 0 Å². The lowest BCUT2D eigenvalue weighted by molar-refractivity contribution is -0.137. The molecule has 2 aromatic rings. The Kier molecular flexibility index (Phi) is 4.25. The van der Waals surface area contributed by atoms with E-state index in [0.717, 1.165) is 6.07 Å². The smallest absolute Gasteiger partial charge is 0.417 e. The number of hydrogen-bond donors (Lipinski definition) is 1. The van der Waals surface area contributed by atoms with Crippen molar-refractivity contribution < 1.29 is 17.9 Å². The van der Waals surface area contributed by atoms with Crippen molar-refractivity contribution in [3.63, 3.8) is 0 Å². The Morgan fingerprint density at radius 1 is 1.14 bits per heavy atom. The minimum absolute atomic E-state index is 0.0242. The van der Waals surface area contributed by atoms with Crippen LogP contribution in [0.15, 0.2) is 24.3 Å². The zero-order valence-electron chi connectivity index (χ0n) is 11.4. The molecule has 8 heteroatoms. The van der Waals surface area contributed by atoms with Gasteiger partial charge in [0.2, 0.25) is 5.95 Å². The van der Waals surface area contributed by atoms with Crippen molar-refractivity contribution in [1.29, 1.82) is 0 Å². The average Bonchev–Trinajstić information content (AvgIpc) is 2.46. The monoisotopic (exact) mass is 298 g/mol. The maximum Gasteiger partial charge on any atom is 0.417 e. The molecule has 21 heavy (non-hydrogen) atoms. The number of halogens is 3. The van der Waals surface area contributed by atoms with E-state index in [4.69, 9.17) is 4.74 Å². The summed E-state index contributed by atoms with van der Waals surface area (Å²) in [5.74, 6) is 0.0474. The van der Waals surface area contributed by atoms with Crippen LogP contribution in [-0.4, -0.2) is 28.6 Å². The SMILES string of the molecule is CCOc1nc(NC)nc(-c2ccccc2C(F)(F)F)n1. The predicted molar refractivity (Wildman–Crippen MR) is 71.0 cm³/mol. The lowest BCUT2D eigenvalue weighted by atomic mass is 10.1. The zero-order chi connectivity index (χ0) is 15.5. The third kappa shape index (κ3) is 3.39. The second kappa shape index (κ2) is 5.94. The fraction of sp³-hybridized carbons (Fsp3) is 0.308. The maximum absolute atomic E-state index is 13.0. The van der Waals surface area contributed by atoms with E-state index in [-0.39, 0.29) is 23.3 Å². The Bertz CT molecular complexity index is 631. The molecule has 0 atom stereocenters. The van der Waals surface area contributed by atoms with Crippen LogP contribution in [0.25, 0.3) is 11.4 Å². The summed E-state index contributed by atoms with van der Waals surface area (Å²) >= 11 is 0. The van der Waals surface area contributed by atoms with Crippen LogP contribution in [0.2, 0.25) is 0 Å². The molecule has 112 valence electrons. The first-order valence-electron chi connectivity index (χ1n) is 6.19. The topological polar surface area (TPSA) is 59.9 Å². The molecule has 0 saturated heterocycles. The highest BCUT2D eigenvalue weighted by Gasteiger charge is 2.34. The van der Waals surface area contributed by atoms with Gasteiger partial charge in [-0.15, -0.1) is 0 Å². The molecule has 5 nitrogen and oxygen atoms in total. The zero-order valence-corrected chi connectivity index (χ0v) is 11.4. The van der Waals surface area contributed by atoms with Crippen molar-refractivity contribution in [2.75, 3.05) is 19.0 Å². The molecule has 0 bridgehead atoms. The first-order valence-corrected chi connectivity index (χ1v) is 6.19. The number of aromatic nitrogens is 3. The molecule has 0 spiro atoms. The largest absolute Gasteiger partial charge is 0.464 e. The Morgan fingerprint density at radius 3 is 2.48 bits per heavy atom. The van der Waals surface area contributed by atoms with Gasteiger partial charge in [0.25, 0.3) is 0 Å². The Labute approximate surface area is 119 Å². The van der Waals surface area contributed by atoms with E-state index >= 15 is 0 Å². The number of anilines is 1. The summed E-state index contributed by atoms with van der Waals surface area (Å²) in [6.07, 6.45) is -4.49. The van der Waals surface area contributed by atoms with Gasteiger partial charge >= 0.3 is 12.2 Å². The first-order chi connectivity index (χ1) is 9.95. The highest BCUT2D eigenvalue weighted by Crippen LogP contribution is 2.36. The van der Waals surface area contributed by atoms with E-state index < -0.39 is 11.7 Å². The van der Waals surface area contributed by atoms with Crippen LogP contribution in [0, 0.1) is 0 Å². The van der Waals surface area contributed by atoms with Gasteiger partial charge < -0.3 is 10.1 Å². The molecule has 0 amide bonds. The van der Waals surface area contributed by atoms with Crippen LogP contribution >= 0.6 is 0 Å². The molecule has 0 unspecified atom stereocenters. The molecule has 1 aromatic heterocycles. The van der Waals surface area contributed by atoms with E-state index in [9.17, 15) is 13.2 Å². The van der Waals surface area contributed by atoms with E-state index in [0.29, 0.717) is 6.61 Å². The summed E-state index contributed by atoms with van der Waals surface area (Å²) in [4.78, 5) is 11.8. The molecule has 2 rings (SSSR count). The minimum atomic E-state index is -4.49. The summed E-state index contributed by atoms with van der Waals surface area (Å²) in [6.45, 7) is 2.03. The summed E-state index contributed by atoms with van der Waals surface area (Å²) in [5.41, 5.74) is -0.925. The highest BCUT2D eigenvalue weighted by molar-refractivity contribution is 5.62. The maximum atomic E-state index is 13.0. The first kappa shape index (κ1) is 15.0. The Hall–Kier alpha value is -2.38. The molecular formula is C13H13F3N4O. The van der Waals surface area contributed by atoms with Crippen molar-refractivity contribution in [3.05, 3.63) is 29.8 Å². The number of hydrogen-bond acceptors (Lipinski definition) is 5. The Balaban J connectivity index is 2.59. The van der Waals surface area contributed by atoms with Crippen LogP contribution in [0.3, 0.4) is 0 Å². The quantitative estimate of drug-likeness (QED) is 0.940. The summed E-state index contributed by atoms with van der Waals surface area (Å²) in [5, 5.41) is 2.67. The van der Waals surface area contributed by atoms with Crippen molar-refractivity contribution in [3.8, 4) is 17.4 Å². The van der Waals surface area contributed by atoms with E-state index in [1.54, 1.807) is 14.0 Å². The van der Waals surface area contributed by atoms with Crippen molar-refractivity contribution >= 4 is 5.95 Å². The second-order valence-corrected chi connectivity index (χ2v) is 3.99. The summed E-state index contributed by atoms with van der Waals surface area (Å²) in [7, 11) is 1.56. The predicted octanol–water partition coefficient (Wildman–Crippen LogP) is 3.00. The van der Waals surface area contributed by atoms with Crippen LogP contribution < -0.4 is 10.1 Å². The van der Waals surface area contributed by atoms with Crippen molar-refractivity contribution in [2.45, 2.75) is 13.1 Å². The number of ether oxygens (including phenoxy) is 1. The van der Waals surface area contributed by atoms with Gasteiger partial charge in [0.05, 0.1) is 12.2 Å². The number of alkyl halides is 3. The van der Waals surface area contributed by atoms with Crippen LogP contribution in [0.5, 0.6) is 6.01 Å². The lowest BCUT2D eigenvalue weighted by Crippen LogP contribution is -2.10. The van der Waals surface area contributed by atoms with Crippen LogP contribution in [0.1, 0.15) is 12.5 Å². The summed E-state index contributed by atoms with van der Waals surface area (Å²) in [6, 6.07) is 5.08. The second-order valence-electron chi connectivity index (χ2n) is 3.99. The molecule has 0 fully saturated rings. The van der Waals surface area contributed by atoms with Gasteiger partial charge in [-0.05, 0) is 13.0 Å².